The van der Waals surface area contributed by atoms with E-state index in [9.17, 15) is 14.4 Å². The van der Waals surface area contributed by atoms with Crippen molar-refractivity contribution in [3.8, 4) is 40.2 Å². The number of hydrogen-bond donors (Lipinski definition) is 8. The predicted molar refractivity (Wildman–Crippen MR) is 124 cm³/mol. The number of carboxylic acid groups (broad SMARTS) is 2. The fourth-order valence-corrected chi connectivity index (χ4v) is 2.36. The van der Waals surface area contributed by atoms with Crippen molar-refractivity contribution in [2.45, 2.75) is 19.8 Å². The Labute approximate surface area is 204 Å². The lowest BCUT2D eigenvalue weighted by atomic mass is 10.1. The van der Waals surface area contributed by atoms with Crippen molar-refractivity contribution in [2.75, 3.05) is 0 Å². The summed E-state index contributed by atoms with van der Waals surface area (Å²) in [4.78, 5) is 30.9. The molecule has 0 aliphatic heterocycles. The third kappa shape index (κ3) is 10.2. The molecule has 0 aliphatic carbocycles. The van der Waals surface area contributed by atoms with Gasteiger partial charge < -0.3 is 45.6 Å². The second-order valence-corrected chi connectivity index (χ2v) is 6.97. The molecule has 0 radical (unpaired) electrons. The molecule has 0 atom stereocenters. The van der Waals surface area contributed by atoms with Crippen LogP contribution in [0, 0.1) is 0 Å². The number of benzene rings is 3. The second-order valence-electron chi connectivity index (χ2n) is 6.97. The van der Waals surface area contributed by atoms with Crippen molar-refractivity contribution in [1.29, 1.82) is 0 Å². The van der Waals surface area contributed by atoms with Crippen LogP contribution in [-0.4, -0.2) is 58.8 Å². The van der Waals surface area contributed by atoms with Crippen LogP contribution in [-0.2, 0) is 16.0 Å². The van der Waals surface area contributed by atoms with Crippen LogP contribution in [0.2, 0.25) is 0 Å². The first-order chi connectivity index (χ1) is 16.8. The molecule has 0 unspecified atom stereocenters. The van der Waals surface area contributed by atoms with Crippen LogP contribution in [0.1, 0.15) is 29.3 Å². The number of carboxylic acids is 2. The summed E-state index contributed by atoms with van der Waals surface area (Å²) in [5.74, 6) is -4.01. The van der Waals surface area contributed by atoms with E-state index in [1.54, 1.807) is 6.07 Å². The lowest BCUT2D eigenvalue weighted by Gasteiger charge is -2.01. The molecule has 12 heteroatoms. The minimum absolute atomic E-state index is 0.0181. The summed E-state index contributed by atoms with van der Waals surface area (Å²) in [6.07, 6.45) is 0.368. The normalized spacial score (nSPS) is 9.58. The highest BCUT2D eigenvalue weighted by molar-refractivity contribution is 5.88. The van der Waals surface area contributed by atoms with Gasteiger partial charge in [-0.25, -0.2) is 4.79 Å². The summed E-state index contributed by atoms with van der Waals surface area (Å²) in [5.41, 5.74) is 0.637. The molecule has 3 aromatic rings. The molecule has 0 amide bonds. The van der Waals surface area contributed by atoms with Gasteiger partial charge in [0.2, 0.25) is 0 Å². The summed E-state index contributed by atoms with van der Waals surface area (Å²) in [5, 5.41) is 70.3. The maximum absolute atomic E-state index is 10.4. The largest absolute Gasteiger partial charge is 0.504 e. The molecule has 0 spiro atoms. The topological polar surface area (TPSA) is 222 Å². The van der Waals surface area contributed by atoms with E-state index in [-0.39, 0.29) is 46.5 Å². The molecule has 3 rings (SSSR count). The van der Waals surface area contributed by atoms with Crippen molar-refractivity contribution < 1.29 is 60.0 Å². The van der Waals surface area contributed by atoms with Gasteiger partial charge in [0.25, 0.3) is 0 Å². The zero-order valence-electron chi connectivity index (χ0n) is 18.8. The van der Waals surface area contributed by atoms with Crippen LogP contribution in [0.5, 0.6) is 40.2 Å². The third-order valence-electron chi connectivity index (χ3n) is 4.10. The number of aliphatic carboxylic acids is 1. The van der Waals surface area contributed by atoms with E-state index in [4.69, 9.17) is 40.9 Å². The molecular weight excluding hydrogens is 480 g/mol. The van der Waals surface area contributed by atoms with E-state index in [0.29, 0.717) is 12.0 Å². The van der Waals surface area contributed by atoms with Gasteiger partial charge in [-0.3, -0.25) is 9.59 Å². The Hall–Kier alpha value is -5.13. The highest BCUT2D eigenvalue weighted by atomic mass is 16.5. The van der Waals surface area contributed by atoms with E-state index in [1.165, 1.54) is 37.3 Å². The van der Waals surface area contributed by atoms with Gasteiger partial charge >= 0.3 is 17.9 Å². The number of phenolic OH excluding ortho intramolecular Hbond substituents is 6. The Morgan fingerprint density at radius 3 is 1.61 bits per heavy atom. The zero-order chi connectivity index (χ0) is 27.4. The van der Waals surface area contributed by atoms with Crippen molar-refractivity contribution >= 4 is 17.9 Å². The molecule has 192 valence electrons. The van der Waals surface area contributed by atoms with E-state index in [0.717, 1.165) is 18.2 Å². The molecule has 0 bridgehead atoms. The Bertz CT molecular complexity index is 1220. The van der Waals surface area contributed by atoms with Gasteiger partial charge in [0.1, 0.15) is 5.75 Å². The zero-order valence-corrected chi connectivity index (χ0v) is 18.8. The van der Waals surface area contributed by atoms with Gasteiger partial charge in [0.15, 0.2) is 34.5 Å². The van der Waals surface area contributed by atoms with Crippen molar-refractivity contribution in [3.63, 3.8) is 0 Å². The van der Waals surface area contributed by atoms with Crippen LogP contribution >= 0.6 is 0 Å². The van der Waals surface area contributed by atoms with Crippen molar-refractivity contribution in [2.24, 2.45) is 0 Å². The summed E-state index contributed by atoms with van der Waals surface area (Å²) in [7, 11) is 0. The molecule has 0 fully saturated rings. The predicted octanol–water partition coefficient (Wildman–Crippen LogP) is 2.93. The number of carbonyl (C=O) groups excluding carboxylic acids is 1. The van der Waals surface area contributed by atoms with Gasteiger partial charge in [-0.15, -0.1) is 0 Å². The van der Waals surface area contributed by atoms with Gasteiger partial charge in [0.05, 0.1) is 5.56 Å². The van der Waals surface area contributed by atoms with Crippen LogP contribution in [0.15, 0.2) is 54.6 Å². The van der Waals surface area contributed by atoms with E-state index in [1.807, 2.05) is 0 Å². The van der Waals surface area contributed by atoms with Gasteiger partial charge in [-0.05, 0) is 54.4 Å². The molecule has 12 nitrogen and oxygen atoms in total. The molecule has 36 heavy (non-hydrogen) atoms. The maximum Gasteiger partial charge on any atom is 0.335 e. The molecule has 0 saturated heterocycles. The van der Waals surface area contributed by atoms with E-state index < -0.39 is 23.7 Å². The van der Waals surface area contributed by atoms with Gasteiger partial charge in [-0.2, -0.15) is 0 Å². The SMILES string of the molecule is CC(=O)Oc1ccc(O)c(O)c1.O=C(O)CCc1ccc(O)c(O)c1.O=C(O)c1ccc(O)c(O)c1. The number of ether oxygens (including phenoxy) is 1. The van der Waals surface area contributed by atoms with Crippen LogP contribution < -0.4 is 4.74 Å². The Morgan fingerprint density at radius 2 is 1.17 bits per heavy atom. The quantitative estimate of drug-likeness (QED) is 0.143. The number of aromatic carboxylic acids is 1. The van der Waals surface area contributed by atoms with Crippen LogP contribution in [0.3, 0.4) is 0 Å². The first-order valence-corrected chi connectivity index (χ1v) is 9.98. The van der Waals surface area contributed by atoms with Crippen LogP contribution in [0.4, 0.5) is 0 Å². The minimum atomic E-state index is -1.14. The molecule has 8 N–H and O–H groups in total. The summed E-state index contributed by atoms with van der Waals surface area (Å²) in [6, 6.07) is 11.4. The summed E-state index contributed by atoms with van der Waals surface area (Å²) < 4.78 is 4.64. The lowest BCUT2D eigenvalue weighted by molar-refractivity contribution is -0.137. The smallest absolute Gasteiger partial charge is 0.335 e. The highest BCUT2D eigenvalue weighted by Crippen LogP contribution is 2.28. The molecule has 0 heterocycles. The van der Waals surface area contributed by atoms with Crippen molar-refractivity contribution in [3.05, 3.63) is 65.7 Å². The summed E-state index contributed by atoms with van der Waals surface area (Å²) in [6.45, 7) is 1.25. The number of hydrogen-bond acceptors (Lipinski definition) is 10. The highest BCUT2D eigenvalue weighted by Gasteiger charge is 2.06. The Balaban J connectivity index is 0.000000271. The number of aryl methyl sites for hydroxylation is 1. The number of aromatic hydroxyl groups is 6. The average molecular weight is 504 g/mol. The van der Waals surface area contributed by atoms with Gasteiger partial charge in [-0.1, -0.05) is 6.07 Å². The fourth-order valence-electron chi connectivity index (χ4n) is 2.36. The molecule has 0 aromatic heterocycles. The monoisotopic (exact) mass is 504 g/mol. The third-order valence-corrected chi connectivity index (χ3v) is 4.10. The summed E-state index contributed by atoms with van der Waals surface area (Å²) >= 11 is 0. The van der Waals surface area contributed by atoms with E-state index in [2.05, 4.69) is 4.74 Å². The van der Waals surface area contributed by atoms with Gasteiger partial charge in [0, 0.05) is 19.4 Å². The number of esters is 1. The number of phenols is 6. The van der Waals surface area contributed by atoms with Crippen LogP contribution in [0.25, 0.3) is 0 Å². The first kappa shape index (κ1) is 28.9. The standard InChI is InChI=1S/C9H10O4.C8H8O4.C7H6O4/c10-7-3-1-6(5-8(7)11)2-4-9(12)13;1-5(9)12-6-2-3-7(10)8(11)4-6;8-5-2-1-4(7(10)11)3-6(5)9/h1,3,5,10-11H,2,4H2,(H,12,13);2-4,10-11H,1H3;1-3,8-9H,(H,10,11). The molecule has 0 saturated carbocycles. The molecule has 0 aliphatic rings. The Kier molecular flexibility index (Phi) is 10.9. The fraction of sp³-hybridized carbons (Fsp3) is 0.125. The van der Waals surface area contributed by atoms with Crippen molar-refractivity contribution in [1.82, 2.24) is 0 Å². The first-order valence-electron chi connectivity index (χ1n) is 9.98. The average Bonchev–Trinajstić information content (AvgIpc) is 2.79. The van der Waals surface area contributed by atoms with E-state index >= 15 is 0 Å². The maximum atomic E-state index is 10.4. The molecular formula is C24H24O12. The number of rotatable bonds is 5. The lowest BCUT2D eigenvalue weighted by Crippen LogP contribution is -2.00. The number of carbonyl (C=O) groups is 3. The Morgan fingerprint density at radius 1 is 0.667 bits per heavy atom. The second kappa shape index (κ2) is 13.5. The minimum Gasteiger partial charge on any atom is -0.504 e. The molecule has 3 aromatic carbocycles.